The van der Waals surface area contributed by atoms with Crippen molar-refractivity contribution < 1.29 is 13.2 Å². The molecular weight excluding hydrogens is 848 g/mol. The molecule has 0 radical (unpaired) electrons. The third-order valence-corrected chi connectivity index (χ3v) is 12.9. The molecule has 0 spiro atoms. The molecule has 68 heavy (non-hydrogen) atoms. The van der Waals surface area contributed by atoms with Crippen LogP contribution in [0, 0.1) is 11.3 Å². The fourth-order valence-corrected chi connectivity index (χ4v) is 9.94. The summed E-state index contributed by atoms with van der Waals surface area (Å²) in [5.74, 6) is 0. The summed E-state index contributed by atoms with van der Waals surface area (Å²) in [6.45, 7) is 0. The number of hydrogen-bond acceptors (Lipinski definition) is 3. The zero-order valence-corrected chi connectivity index (χ0v) is 36.2. The standard InChI is InChI=1S/C60H36F3N5/c61-60(62,63)51-24-10-7-19-45(51)50-36-57(68-53-26-12-9-21-47(53)49-30-28-41(34-55(49)68)44-23-14-32-66-59(44)39-17-5-2-6-18-39)56(35-42(50)37-64)67-52-25-11-8-20-46(52)48-29-27-40(33-54(48)67)43-22-13-31-65-58(43)38-15-3-1-4-16-38/h1-36H. The highest BCUT2D eigenvalue weighted by Crippen LogP contribution is 2.45. The zero-order valence-electron chi connectivity index (χ0n) is 36.2. The smallest absolute Gasteiger partial charge is 0.307 e. The van der Waals surface area contributed by atoms with Crippen molar-refractivity contribution in [3.63, 3.8) is 0 Å². The summed E-state index contributed by atoms with van der Waals surface area (Å²) in [6.07, 6.45) is -1.10. The van der Waals surface area contributed by atoms with Crippen LogP contribution in [-0.2, 0) is 6.18 Å². The van der Waals surface area contributed by atoms with Crippen molar-refractivity contribution >= 4 is 43.6 Å². The number of alkyl halides is 3. The van der Waals surface area contributed by atoms with Crippen molar-refractivity contribution in [1.82, 2.24) is 19.1 Å². The van der Waals surface area contributed by atoms with Gasteiger partial charge < -0.3 is 9.13 Å². The van der Waals surface area contributed by atoms with E-state index in [1.54, 1.807) is 30.6 Å². The molecule has 0 aliphatic rings. The molecule has 0 N–H and O–H groups in total. The van der Waals surface area contributed by atoms with Crippen LogP contribution in [0.1, 0.15) is 11.1 Å². The average molecular weight is 884 g/mol. The Morgan fingerprint density at radius 1 is 0.382 bits per heavy atom. The van der Waals surface area contributed by atoms with Crippen molar-refractivity contribution in [3.8, 4) is 73.3 Å². The molecule has 8 aromatic carbocycles. The topological polar surface area (TPSA) is 59.4 Å². The van der Waals surface area contributed by atoms with Gasteiger partial charge in [-0.05, 0) is 71.3 Å². The normalized spacial score (nSPS) is 11.7. The van der Waals surface area contributed by atoms with Crippen LogP contribution in [-0.4, -0.2) is 19.1 Å². The number of hydrogen-bond donors (Lipinski definition) is 0. The highest BCUT2D eigenvalue weighted by Gasteiger charge is 2.34. The minimum Gasteiger partial charge on any atom is -0.307 e. The Bertz CT molecular complexity index is 3970. The SMILES string of the molecule is N#Cc1cc(-n2c3ccccc3c3ccc(-c4cccnc4-c4ccccc4)cc32)c(-n2c3ccccc3c3ccc(-c4cccnc4-c4ccccc4)cc32)cc1-c1ccccc1C(F)(F)F. The first kappa shape index (κ1) is 40.4. The van der Waals surface area contributed by atoms with E-state index in [1.165, 1.54) is 12.1 Å². The van der Waals surface area contributed by atoms with Crippen LogP contribution in [0.25, 0.3) is 111 Å². The summed E-state index contributed by atoms with van der Waals surface area (Å²) < 4.78 is 49.3. The average Bonchev–Trinajstić information content (AvgIpc) is 3.90. The van der Waals surface area contributed by atoms with E-state index < -0.39 is 11.7 Å². The Labute approximate surface area is 388 Å². The van der Waals surface area contributed by atoms with Gasteiger partial charge in [0.05, 0.1) is 62.0 Å². The van der Waals surface area contributed by atoms with E-state index in [2.05, 4.69) is 81.9 Å². The lowest BCUT2D eigenvalue weighted by molar-refractivity contribution is -0.137. The summed E-state index contributed by atoms with van der Waals surface area (Å²) in [5.41, 5.74) is 11.3. The lowest BCUT2D eigenvalue weighted by Gasteiger charge is -2.21. The first-order valence-corrected chi connectivity index (χ1v) is 22.2. The maximum atomic E-state index is 15.0. The Kier molecular flexibility index (Phi) is 9.59. The van der Waals surface area contributed by atoms with Crippen molar-refractivity contribution in [2.75, 3.05) is 0 Å². The lowest BCUT2D eigenvalue weighted by atomic mass is 9.94. The minimum atomic E-state index is -4.68. The minimum absolute atomic E-state index is 0.0804. The van der Waals surface area contributed by atoms with Crippen LogP contribution in [0.4, 0.5) is 13.2 Å². The van der Waals surface area contributed by atoms with Gasteiger partial charge in [0.25, 0.3) is 0 Å². The van der Waals surface area contributed by atoms with Gasteiger partial charge >= 0.3 is 6.18 Å². The summed E-state index contributed by atoms with van der Waals surface area (Å²) in [6, 6.07) is 68.4. The van der Waals surface area contributed by atoms with Gasteiger partial charge in [0, 0.05) is 61.8 Å². The van der Waals surface area contributed by atoms with E-state index >= 15 is 0 Å². The summed E-state index contributed by atoms with van der Waals surface area (Å²) in [4.78, 5) is 9.68. The van der Waals surface area contributed by atoms with Gasteiger partial charge in [0.1, 0.15) is 0 Å². The molecule has 0 unspecified atom stereocenters. The molecule has 0 aliphatic carbocycles. The molecule has 5 nitrogen and oxygen atoms in total. The molecule has 0 fully saturated rings. The number of aromatic nitrogens is 4. The third-order valence-electron chi connectivity index (χ3n) is 12.9. The van der Waals surface area contributed by atoms with Gasteiger partial charge in [-0.3, -0.25) is 9.97 Å². The van der Waals surface area contributed by atoms with Crippen LogP contribution >= 0.6 is 0 Å². The molecule has 12 rings (SSSR count). The molecule has 12 aromatic rings. The number of pyridine rings is 2. The van der Waals surface area contributed by atoms with Gasteiger partial charge in [0.15, 0.2) is 0 Å². The van der Waals surface area contributed by atoms with Crippen molar-refractivity contribution in [2.45, 2.75) is 6.18 Å². The predicted molar refractivity (Wildman–Crippen MR) is 268 cm³/mol. The molecule has 0 atom stereocenters. The summed E-state index contributed by atoms with van der Waals surface area (Å²) >= 11 is 0. The molecule has 8 heteroatoms. The fourth-order valence-electron chi connectivity index (χ4n) is 9.94. The number of rotatable bonds is 7. The number of halogens is 3. The van der Waals surface area contributed by atoms with Gasteiger partial charge in [-0.25, -0.2) is 0 Å². The van der Waals surface area contributed by atoms with Gasteiger partial charge in [-0.15, -0.1) is 0 Å². The van der Waals surface area contributed by atoms with Crippen LogP contribution < -0.4 is 0 Å². The Morgan fingerprint density at radius 2 is 0.824 bits per heavy atom. The van der Waals surface area contributed by atoms with Gasteiger partial charge in [-0.1, -0.05) is 152 Å². The predicted octanol–water partition coefficient (Wildman–Crippen LogP) is 15.9. The van der Waals surface area contributed by atoms with E-state index in [9.17, 15) is 18.4 Å². The van der Waals surface area contributed by atoms with E-state index in [0.29, 0.717) is 11.4 Å². The van der Waals surface area contributed by atoms with E-state index in [0.717, 1.165) is 94.4 Å². The monoisotopic (exact) mass is 883 g/mol. The quantitative estimate of drug-likeness (QED) is 0.160. The van der Waals surface area contributed by atoms with Gasteiger partial charge in [-0.2, -0.15) is 18.4 Å². The number of nitrogens with zero attached hydrogens (tertiary/aromatic N) is 5. The largest absolute Gasteiger partial charge is 0.417 e. The van der Waals surface area contributed by atoms with Crippen molar-refractivity contribution in [1.29, 1.82) is 5.26 Å². The van der Waals surface area contributed by atoms with E-state index in [4.69, 9.17) is 9.97 Å². The molecule has 0 saturated heterocycles. The molecule has 0 aliphatic heterocycles. The van der Waals surface area contributed by atoms with Crippen molar-refractivity contribution in [3.05, 3.63) is 230 Å². The fraction of sp³-hybridized carbons (Fsp3) is 0.0167. The van der Waals surface area contributed by atoms with Crippen LogP contribution in [0.3, 0.4) is 0 Å². The molecule has 0 amide bonds. The van der Waals surface area contributed by atoms with E-state index in [1.807, 2.05) is 103 Å². The Hall–Kier alpha value is -9.06. The highest BCUT2D eigenvalue weighted by atomic mass is 19.4. The Balaban J connectivity index is 1.20. The first-order valence-electron chi connectivity index (χ1n) is 22.2. The third kappa shape index (κ3) is 6.63. The van der Waals surface area contributed by atoms with Gasteiger partial charge in [0.2, 0.25) is 0 Å². The maximum Gasteiger partial charge on any atom is 0.417 e. The number of fused-ring (bicyclic) bond motifs is 6. The lowest BCUT2D eigenvalue weighted by Crippen LogP contribution is -2.09. The summed E-state index contributed by atoms with van der Waals surface area (Å²) in [7, 11) is 0. The second-order valence-corrected chi connectivity index (χ2v) is 16.7. The second kappa shape index (κ2) is 16.1. The summed E-state index contributed by atoms with van der Waals surface area (Å²) in [5, 5.41) is 14.9. The number of nitriles is 1. The molecule has 4 heterocycles. The van der Waals surface area contributed by atoms with Crippen LogP contribution in [0.5, 0.6) is 0 Å². The second-order valence-electron chi connectivity index (χ2n) is 16.7. The molecule has 0 saturated carbocycles. The van der Waals surface area contributed by atoms with Crippen LogP contribution in [0.15, 0.2) is 219 Å². The molecule has 0 bridgehead atoms. The number of benzene rings is 8. The zero-order chi connectivity index (χ0) is 45.9. The van der Waals surface area contributed by atoms with Crippen molar-refractivity contribution in [2.24, 2.45) is 0 Å². The Morgan fingerprint density at radius 3 is 1.34 bits per heavy atom. The molecule has 322 valence electrons. The molecular formula is C60H36F3N5. The molecule has 4 aromatic heterocycles. The highest BCUT2D eigenvalue weighted by molar-refractivity contribution is 6.13. The van der Waals surface area contributed by atoms with Crippen LogP contribution in [0.2, 0.25) is 0 Å². The maximum absolute atomic E-state index is 15.0. The van der Waals surface area contributed by atoms with E-state index in [-0.39, 0.29) is 16.7 Å². The number of para-hydroxylation sites is 2. The first-order chi connectivity index (χ1) is 33.4.